The van der Waals surface area contributed by atoms with Crippen LogP contribution < -0.4 is 10.5 Å². The van der Waals surface area contributed by atoms with E-state index in [-0.39, 0.29) is 5.56 Å². The first-order valence-corrected chi connectivity index (χ1v) is 8.42. The molecule has 1 aromatic carbocycles. The molecule has 0 bridgehead atoms. The van der Waals surface area contributed by atoms with Gasteiger partial charge in [-0.1, -0.05) is 23.7 Å². The van der Waals surface area contributed by atoms with Crippen molar-refractivity contribution in [2.75, 3.05) is 7.05 Å². The third-order valence-corrected chi connectivity index (χ3v) is 4.30. The molecule has 23 heavy (non-hydrogen) atoms. The standard InChI is InChI=1S/C17H15BrClN3O/c1-21(9-12-2-5-14(19)6-3-12)11-15-8-17(23)22-10-13(18)4-7-16(22)20-15/h2-8,10H,9,11H2,1H3/p+1. The van der Waals surface area contributed by atoms with Crippen LogP contribution in [0.4, 0.5) is 0 Å². The highest BCUT2D eigenvalue weighted by molar-refractivity contribution is 9.10. The minimum Gasteiger partial charge on any atom is -0.329 e. The zero-order valence-electron chi connectivity index (χ0n) is 12.6. The first kappa shape index (κ1) is 16.2. The van der Waals surface area contributed by atoms with Gasteiger partial charge in [0.15, 0.2) is 0 Å². The summed E-state index contributed by atoms with van der Waals surface area (Å²) in [5.41, 5.74) is 2.60. The number of aromatic nitrogens is 2. The molecule has 0 saturated heterocycles. The molecule has 0 radical (unpaired) electrons. The Balaban J connectivity index is 1.79. The maximum atomic E-state index is 12.2. The molecule has 1 N–H and O–H groups in total. The second-order valence-electron chi connectivity index (χ2n) is 5.60. The molecule has 1 unspecified atom stereocenters. The molecule has 0 fully saturated rings. The molecule has 0 aliphatic rings. The van der Waals surface area contributed by atoms with Crippen LogP contribution in [-0.4, -0.2) is 16.4 Å². The van der Waals surface area contributed by atoms with Crippen molar-refractivity contribution in [3.05, 3.63) is 79.8 Å². The van der Waals surface area contributed by atoms with Crippen molar-refractivity contribution >= 4 is 33.2 Å². The molecule has 0 aliphatic heterocycles. The average molecular weight is 394 g/mol. The first-order valence-electron chi connectivity index (χ1n) is 7.25. The minimum absolute atomic E-state index is 0.0643. The fourth-order valence-corrected chi connectivity index (χ4v) is 3.00. The van der Waals surface area contributed by atoms with Crippen molar-refractivity contribution < 1.29 is 4.90 Å². The van der Waals surface area contributed by atoms with E-state index in [0.717, 1.165) is 21.7 Å². The monoisotopic (exact) mass is 392 g/mol. The quantitative estimate of drug-likeness (QED) is 0.739. The van der Waals surface area contributed by atoms with Crippen molar-refractivity contribution in [1.29, 1.82) is 0 Å². The van der Waals surface area contributed by atoms with Crippen molar-refractivity contribution in [1.82, 2.24) is 9.38 Å². The molecule has 4 nitrogen and oxygen atoms in total. The Morgan fingerprint density at radius 1 is 1.17 bits per heavy atom. The van der Waals surface area contributed by atoms with Gasteiger partial charge in [-0.15, -0.1) is 0 Å². The molecule has 0 aliphatic carbocycles. The van der Waals surface area contributed by atoms with Gasteiger partial charge in [-0.25, -0.2) is 4.98 Å². The maximum absolute atomic E-state index is 12.2. The van der Waals surface area contributed by atoms with Crippen molar-refractivity contribution in [3.63, 3.8) is 0 Å². The van der Waals surface area contributed by atoms with Gasteiger partial charge in [0.2, 0.25) is 0 Å². The topological polar surface area (TPSA) is 38.8 Å². The predicted octanol–water partition coefficient (Wildman–Crippen LogP) is 2.33. The molecule has 2 heterocycles. The molecule has 2 aromatic heterocycles. The van der Waals surface area contributed by atoms with Crippen LogP contribution in [0.15, 0.2) is 57.9 Å². The van der Waals surface area contributed by atoms with Crippen LogP contribution in [0.3, 0.4) is 0 Å². The van der Waals surface area contributed by atoms with Crippen LogP contribution >= 0.6 is 27.5 Å². The zero-order valence-corrected chi connectivity index (χ0v) is 14.9. The largest absolute Gasteiger partial charge is 0.329 e. The second kappa shape index (κ2) is 6.83. The van der Waals surface area contributed by atoms with E-state index in [1.807, 2.05) is 36.4 Å². The van der Waals surface area contributed by atoms with Crippen molar-refractivity contribution in [2.24, 2.45) is 0 Å². The molecule has 3 rings (SSSR count). The van der Waals surface area contributed by atoms with Crippen LogP contribution in [0, 0.1) is 0 Å². The lowest BCUT2D eigenvalue weighted by molar-refractivity contribution is -0.908. The Morgan fingerprint density at radius 3 is 2.65 bits per heavy atom. The molecular weight excluding hydrogens is 378 g/mol. The van der Waals surface area contributed by atoms with Gasteiger partial charge in [-0.3, -0.25) is 9.20 Å². The Labute approximate surface area is 147 Å². The number of nitrogens with zero attached hydrogens (tertiary/aromatic N) is 2. The molecular formula is C17H16BrClN3O+. The summed E-state index contributed by atoms with van der Waals surface area (Å²) in [7, 11) is 2.08. The SMILES string of the molecule is C[NH+](Cc1ccc(Cl)cc1)Cc1cc(=O)n2cc(Br)ccc2n1. The number of quaternary nitrogens is 1. The van der Waals surface area contributed by atoms with Crippen LogP contribution in [0.1, 0.15) is 11.3 Å². The summed E-state index contributed by atoms with van der Waals surface area (Å²) in [5.74, 6) is 0. The summed E-state index contributed by atoms with van der Waals surface area (Å²) < 4.78 is 2.40. The molecule has 3 aromatic rings. The van der Waals surface area contributed by atoms with Gasteiger partial charge in [0.05, 0.1) is 7.05 Å². The van der Waals surface area contributed by atoms with Gasteiger partial charge in [-0.2, -0.15) is 0 Å². The van der Waals surface area contributed by atoms with Crippen LogP contribution in [-0.2, 0) is 13.1 Å². The average Bonchev–Trinajstić information content (AvgIpc) is 2.50. The van der Waals surface area contributed by atoms with E-state index in [4.69, 9.17) is 11.6 Å². The highest BCUT2D eigenvalue weighted by atomic mass is 79.9. The fraction of sp³-hybridized carbons (Fsp3) is 0.176. The lowest BCUT2D eigenvalue weighted by Crippen LogP contribution is -3.06. The fourth-order valence-electron chi connectivity index (χ4n) is 2.54. The highest BCUT2D eigenvalue weighted by Gasteiger charge is 2.09. The lowest BCUT2D eigenvalue weighted by atomic mass is 10.2. The van der Waals surface area contributed by atoms with E-state index in [0.29, 0.717) is 12.2 Å². The number of halogens is 2. The Bertz CT molecular complexity index is 892. The molecule has 0 saturated carbocycles. The molecule has 0 spiro atoms. The van der Waals surface area contributed by atoms with Gasteiger partial charge in [0.25, 0.3) is 5.56 Å². The Morgan fingerprint density at radius 2 is 1.91 bits per heavy atom. The van der Waals surface area contributed by atoms with E-state index >= 15 is 0 Å². The van der Waals surface area contributed by atoms with Crippen LogP contribution in [0.5, 0.6) is 0 Å². The number of pyridine rings is 1. The summed E-state index contributed by atoms with van der Waals surface area (Å²) in [6.45, 7) is 1.53. The van der Waals surface area contributed by atoms with E-state index < -0.39 is 0 Å². The Kier molecular flexibility index (Phi) is 4.80. The maximum Gasteiger partial charge on any atom is 0.258 e. The summed E-state index contributed by atoms with van der Waals surface area (Å²) >= 11 is 9.27. The molecule has 0 amide bonds. The third-order valence-electron chi connectivity index (χ3n) is 3.58. The third kappa shape index (κ3) is 3.99. The summed E-state index contributed by atoms with van der Waals surface area (Å²) in [4.78, 5) is 18.0. The molecule has 6 heteroatoms. The zero-order chi connectivity index (χ0) is 16.4. The Hall–Kier alpha value is -1.69. The normalized spacial score (nSPS) is 12.5. The van der Waals surface area contributed by atoms with Crippen LogP contribution in [0.2, 0.25) is 5.02 Å². The van der Waals surface area contributed by atoms with Crippen LogP contribution in [0.25, 0.3) is 5.65 Å². The first-order chi connectivity index (χ1) is 11.0. The summed E-state index contributed by atoms with van der Waals surface area (Å²) in [5, 5.41) is 0.738. The predicted molar refractivity (Wildman–Crippen MR) is 94.9 cm³/mol. The summed E-state index contributed by atoms with van der Waals surface area (Å²) in [6, 6.07) is 13.1. The van der Waals surface area contributed by atoms with Gasteiger partial charge in [-0.05, 0) is 40.2 Å². The number of benzene rings is 1. The van der Waals surface area contributed by atoms with Gasteiger partial charge >= 0.3 is 0 Å². The second-order valence-corrected chi connectivity index (χ2v) is 6.95. The van der Waals surface area contributed by atoms with E-state index in [1.165, 1.54) is 10.5 Å². The highest BCUT2D eigenvalue weighted by Crippen LogP contribution is 2.10. The van der Waals surface area contributed by atoms with E-state index in [9.17, 15) is 4.79 Å². The summed E-state index contributed by atoms with van der Waals surface area (Å²) in [6.07, 6.45) is 1.73. The van der Waals surface area contributed by atoms with E-state index in [2.05, 4.69) is 28.0 Å². The smallest absolute Gasteiger partial charge is 0.258 e. The van der Waals surface area contributed by atoms with E-state index in [1.54, 1.807) is 16.7 Å². The van der Waals surface area contributed by atoms with Gasteiger partial charge < -0.3 is 4.90 Å². The molecule has 1 atom stereocenters. The molecule has 118 valence electrons. The van der Waals surface area contributed by atoms with Crippen molar-refractivity contribution in [3.8, 4) is 0 Å². The number of rotatable bonds is 4. The number of nitrogens with one attached hydrogen (secondary N) is 1. The van der Waals surface area contributed by atoms with Gasteiger partial charge in [0, 0.05) is 27.3 Å². The number of hydrogen-bond acceptors (Lipinski definition) is 2. The lowest BCUT2D eigenvalue weighted by Gasteiger charge is -2.14. The number of hydrogen-bond donors (Lipinski definition) is 1. The number of fused-ring (bicyclic) bond motifs is 1. The van der Waals surface area contributed by atoms with Gasteiger partial charge in [0.1, 0.15) is 24.4 Å². The van der Waals surface area contributed by atoms with Crippen molar-refractivity contribution in [2.45, 2.75) is 13.1 Å². The minimum atomic E-state index is -0.0643.